The fourth-order valence-corrected chi connectivity index (χ4v) is 3.38. The zero-order valence-electron chi connectivity index (χ0n) is 12.7. The molecule has 0 amide bonds. The van der Waals surface area contributed by atoms with Crippen molar-refractivity contribution < 1.29 is 0 Å². The molecule has 0 aliphatic heterocycles. The highest BCUT2D eigenvalue weighted by Crippen LogP contribution is 2.39. The van der Waals surface area contributed by atoms with E-state index in [1.807, 2.05) is 18.5 Å². The third-order valence-electron chi connectivity index (χ3n) is 4.72. The minimum absolute atomic E-state index is 0.0248. The second-order valence-corrected chi connectivity index (χ2v) is 7.39. The molecule has 0 aromatic carbocycles. The van der Waals surface area contributed by atoms with Gasteiger partial charge in [-0.05, 0) is 55.1 Å². The van der Waals surface area contributed by atoms with Crippen LogP contribution in [0.4, 0.5) is 0 Å². The van der Waals surface area contributed by atoms with Crippen LogP contribution in [0.3, 0.4) is 0 Å². The Kier molecular flexibility index (Phi) is 4.29. The highest BCUT2D eigenvalue weighted by Gasteiger charge is 2.33. The average Bonchev–Trinajstić information content (AvgIpc) is 2.52. The van der Waals surface area contributed by atoms with Crippen molar-refractivity contribution in [3.63, 3.8) is 0 Å². The summed E-state index contributed by atoms with van der Waals surface area (Å²) in [5, 5.41) is 0. The van der Waals surface area contributed by atoms with Crippen LogP contribution in [0.1, 0.15) is 58.4 Å². The molecule has 2 rings (SSSR count). The van der Waals surface area contributed by atoms with Crippen LogP contribution in [-0.2, 0) is 6.42 Å². The van der Waals surface area contributed by atoms with Crippen molar-refractivity contribution in [3.8, 4) is 0 Å². The van der Waals surface area contributed by atoms with Crippen molar-refractivity contribution in [1.82, 2.24) is 4.98 Å². The normalized spacial score (nSPS) is 28.9. The molecule has 0 spiro atoms. The van der Waals surface area contributed by atoms with E-state index in [1.54, 1.807) is 0 Å². The molecule has 1 aromatic rings. The third kappa shape index (κ3) is 4.04. The average molecular weight is 260 g/mol. The van der Waals surface area contributed by atoms with Crippen LogP contribution in [0.5, 0.6) is 0 Å². The molecule has 1 fully saturated rings. The first-order valence-electron chi connectivity index (χ1n) is 7.57. The van der Waals surface area contributed by atoms with Crippen molar-refractivity contribution in [2.45, 2.75) is 64.8 Å². The Hall–Kier alpha value is -0.890. The van der Waals surface area contributed by atoms with Crippen LogP contribution < -0.4 is 5.73 Å². The van der Waals surface area contributed by atoms with Gasteiger partial charge in [0, 0.05) is 17.9 Å². The van der Waals surface area contributed by atoms with Crippen LogP contribution in [0.15, 0.2) is 24.5 Å². The predicted molar refractivity (Wildman–Crippen MR) is 80.9 cm³/mol. The van der Waals surface area contributed by atoms with E-state index in [4.69, 9.17) is 5.73 Å². The number of rotatable bonds is 2. The van der Waals surface area contributed by atoms with Gasteiger partial charge in [-0.25, -0.2) is 0 Å². The highest BCUT2D eigenvalue weighted by atomic mass is 14.7. The van der Waals surface area contributed by atoms with Crippen LogP contribution in [0.2, 0.25) is 0 Å². The Bertz CT molecular complexity index is 393. The second kappa shape index (κ2) is 5.62. The Morgan fingerprint density at radius 3 is 2.74 bits per heavy atom. The molecule has 19 heavy (non-hydrogen) atoms. The lowest BCUT2D eigenvalue weighted by Crippen LogP contribution is -2.41. The molecule has 106 valence electrons. The lowest BCUT2D eigenvalue weighted by atomic mass is 9.76. The molecule has 1 heterocycles. The molecule has 2 N–H and O–H groups in total. The summed E-state index contributed by atoms with van der Waals surface area (Å²) in [7, 11) is 0. The van der Waals surface area contributed by atoms with E-state index in [2.05, 4.69) is 31.8 Å². The summed E-state index contributed by atoms with van der Waals surface area (Å²) in [4.78, 5) is 4.20. The van der Waals surface area contributed by atoms with Gasteiger partial charge in [0.2, 0.25) is 0 Å². The zero-order chi connectivity index (χ0) is 13.9. The third-order valence-corrected chi connectivity index (χ3v) is 4.72. The van der Waals surface area contributed by atoms with E-state index >= 15 is 0 Å². The minimum atomic E-state index is -0.0248. The second-order valence-electron chi connectivity index (χ2n) is 7.39. The van der Waals surface area contributed by atoms with Gasteiger partial charge in [0.1, 0.15) is 0 Å². The SMILES string of the molecule is CC(C)(C)C1CCCC(N)(Cc2cccnc2)CC1. The molecule has 1 aromatic heterocycles. The lowest BCUT2D eigenvalue weighted by molar-refractivity contribution is 0.210. The van der Waals surface area contributed by atoms with E-state index in [-0.39, 0.29) is 5.54 Å². The molecule has 2 heteroatoms. The van der Waals surface area contributed by atoms with E-state index in [0.717, 1.165) is 25.2 Å². The van der Waals surface area contributed by atoms with Gasteiger partial charge in [-0.15, -0.1) is 0 Å². The Labute approximate surface area is 117 Å². The van der Waals surface area contributed by atoms with Gasteiger partial charge in [0.15, 0.2) is 0 Å². The molecule has 2 atom stereocenters. The fourth-order valence-electron chi connectivity index (χ4n) is 3.38. The summed E-state index contributed by atoms with van der Waals surface area (Å²) in [5.74, 6) is 0.812. The highest BCUT2D eigenvalue weighted by molar-refractivity contribution is 5.13. The number of pyridine rings is 1. The first kappa shape index (κ1) is 14.5. The van der Waals surface area contributed by atoms with Gasteiger partial charge in [0.05, 0.1) is 0 Å². The summed E-state index contributed by atoms with van der Waals surface area (Å²) in [6.07, 6.45) is 10.9. The van der Waals surface area contributed by atoms with E-state index in [9.17, 15) is 0 Å². The van der Waals surface area contributed by atoms with E-state index < -0.39 is 0 Å². The van der Waals surface area contributed by atoms with Gasteiger partial charge < -0.3 is 5.73 Å². The zero-order valence-corrected chi connectivity index (χ0v) is 12.7. The van der Waals surface area contributed by atoms with Gasteiger partial charge >= 0.3 is 0 Å². The molecular weight excluding hydrogens is 232 g/mol. The first-order valence-corrected chi connectivity index (χ1v) is 7.57. The van der Waals surface area contributed by atoms with Crippen molar-refractivity contribution in [1.29, 1.82) is 0 Å². The largest absolute Gasteiger partial charge is 0.325 e. The Balaban J connectivity index is 2.01. The topological polar surface area (TPSA) is 38.9 Å². The number of hydrogen-bond donors (Lipinski definition) is 1. The monoisotopic (exact) mass is 260 g/mol. The Morgan fingerprint density at radius 1 is 1.32 bits per heavy atom. The van der Waals surface area contributed by atoms with Crippen LogP contribution >= 0.6 is 0 Å². The molecular formula is C17H28N2. The maximum atomic E-state index is 6.67. The predicted octanol–water partition coefficient (Wildman–Crippen LogP) is 3.95. The molecule has 1 saturated carbocycles. The van der Waals surface area contributed by atoms with Crippen molar-refractivity contribution >= 4 is 0 Å². The van der Waals surface area contributed by atoms with E-state index in [1.165, 1.54) is 24.8 Å². The van der Waals surface area contributed by atoms with Crippen molar-refractivity contribution in [2.75, 3.05) is 0 Å². The van der Waals surface area contributed by atoms with Gasteiger partial charge in [-0.1, -0.05) is 33.3 Å². The van der Waals surface area contributed by atoms with Crippen LogP contribution in [0.25, 0.3) is 0 Å². The summed E-state index contributed by atoms with van der Waals surface area (Å²) in [5.41, 5.74) is 8.34. The maximum Gasteiger partial charge on any atom is 0.0300 e. The number of aromatic nitrogens is 1. The van der Waals surface area contributed by atoms with Crippen LogP contribution in [-0.4, -0.2) is 10.5 Å². The van der Waals surface area contributed by atoms with Gasteiger partial charge in [-0.3, -0.25) is 4.98 Å². The summed E-state index contributed by atoms with van der Waals surface area (Å²) in [6.45, 7) is 7.09. The quantitative estimate of drug-likeness (QED) is 0.818. The number of nitrogens with two attached hydrogens (primary N) is 1. The maximum absolute atomic E-state index is 6.67. The molecule has 1 aliphatic rings. The smallest absolute Gasteiger partial charge is 0.0300 e. The van der Waals surface area contributed by atoms with Crippen molar-refractivity contribution in [2.24, 2.45) is 17.1 Å². The molecule has 2 unspecified atom stereocenters. The first-order chi connectivity index (χ1) is 8.89. The van der Waals surface area contributed by atoms with Crippen molar-refractivity contribution in [3.05, 3.63) is 30.1 Å². The summed E-state index contributed by atoms with van der Waals surface area (Å²) >= 11 is 0. The number of hydrogen-bond acceptors (Lipinski definition) is 2. The Morgan fingerprint density at radius 2 is 2.11 bits per heavy atom. The van der Waals surface area contributed by atoms with E-state index in [0.29, 0.717) is 5.41 Å². The van der Waals surface area contributed by atoms with Gasteiger partial charge in [-0.2, -0.15) is 0 Å². The summed E-state index contributed by atoms with van der Waals surface area (Å²) < 4.78 is 0. The van der Waals surface area contributed by atoms with Crippen LogP contribution in [0, 0.1) is 11.3 Å². The lowest BCUT2D eigenvalue weighted by Gasteiger charge is -2.31. The summed E-state index contributed by atoms with van der Waals surface area (Å²) in [6, 6.07) is 4.15. The molecule has 0 bridgehead atoms. The number of nitrogens with zero attached hydrogens (tertiary/aromatic N) is 1. The molecule has 1 aliphatic carbocycles. The molecule has 2 nitrogen and oxygen atoms in total. The minimum Gasteiger partial charge on any atom is -0.325 e. The fraction of sp³-hybridized carbons (Fsp3) is 0.706. The standard InChI is InChI=1S/C17H28N2/c1-16(2,3)15-7-4-9-17(18,10-8-15)12-14-6-5-11-19-13-14/h5-6,11,13,15H,4,7-10,12,18H2,1-3H3. The molecule has 0 radical (unpaired) electrons. The molecule has 0 saturated heterocycles. The van der Waals surface area contributed by atoms with Gasteiger partial charge in [0.25, 0.3) is 0 Å².